The summed E-state index contributed by atoms with van der Waals surface area (Å²) in [6.07, 6.45) is 0.835. The number of aryl methyl sites for hydroxylation is 1. The van der Waals surface area contributed by atoms with Gasteiger partial charge in [0.15, 0.2) is 5.76 Å². The molecule has 2 rings (SSSR count). The Morgan fingerprint density at radius 1 is 1.43 bits per heavy atom. The smallest absolute Gasteiger partial charge is 0.317 e. The van der Waals surface area contributed by atoms with E-state index in [9.17, 15) is 9.59 Å². The van der Waals surface area contributed by atoms with Gasteiger partial charge in [-0.1, -0.05) is 0 Å². The maximum absolute atomic E-state index is 11.7. The lowest BCUT2D eigenvalue weighted by atomic mass is 10.00. The molecule has 1 aromatic heterocycles. The number of hydrogen-bond donors (Lipinski definition) is 1. The van der Waals surface area contributed by atoms with Crippen LogP contribution in [0.4, 0.5) is 0 Å². The van der Waals surface area contributed by atoms with E-state index < -0.39 is 17.2 Å². The maximum atomic E-state index is 11.7. The van der Waals surface area contributed by atoms with Crippen LogP contribution in [-0.4, -0.2) is 16.9 Å². The lowest BCUT2D eigenvalue weighted by Crippen LogP contribution is -2.25. The highest BCUT2D eigenvalue weighted by Gasteiger charge is 2.57. The number of Topliss-reactive ketones (excluding diaryl/α,β-unsaturated/α-hetero) is 1. The van der Waals surface area contributed by atoms with Gasteiger partial charge in [0, 0.05) is 0 Å². The van der Waals surface area contributed by atoms with Crippen LogP contribution in [0.2, 0.25) is 0 Å². The Hall–Kier alpha value is -1.58. The predicted molar refractivity (Wildman–Crippen MR) is 47.1 cm³/mol. The summed E-state index contributed by atoms with van der Waals surface area (Å²) in [7, 11) is 0. The molecule has 0 saturated heterocycles. The second kappa shape index (κ2) is 2.70. The Morgan fingerprint density at radius 3 is 2.43 bits per heavy atom. The summed E-state index contributed by atoms with van der Waals surface area (Å²) in [6, 6.07) is 3.19. The van der Waals surface area contributed by atoms with Gasteiger partial charge in [-0.2, -0.15) is 0 Å². The van der Waals surface area contributed by atoms with E-state index in [0.717, 1.165) is 0 Å². The van der Waals surface area contributed by atoms with E-state index in [0.29, 0.717) is 18.6 Å². The summed E-state index contributed by atoms with van der Waals surface area (Å²) < 4.78 is 5.11. The van der Waals surface area contributed by atoms with Crippen LogP contribution in [0, 0.1) is 12.3 Å². The molecule has 4 nitrogen and oxygen atoms in total. The van der Waals surface area contributed by atoms with Crippen LogP contribution in [0.3, 0.4) is 0 Å². The van der Waals surface area contributed by atoms with Gasteiger partial charge in [0.05, 0.1) is 0 Å². The van der Waals surface area contributed by atoms with Crippen molar-refractivity contribution in [3.63, 3.8) is 0 Å². The number of hydrogen-bond acceptors (Lipinski definition) is 3. The highest BCUT2D eigenvalue weighted by molar-refractivity contribution is 6.13. The van der Waals surface area contributed by atoms with Crippen molar-refractivity contribution in [1.29, 1.82) is 0 Å². The number of ketones is 1. The lowest BCUT2D eigenvalue weighted by Gasteiger charge is -2.04. The predicted octanol–water partition coefficient (Wildman–Crippen LogP) is 1.64. The van der Waals surface area contributed by atoms with Crippen molar-refractivity contribution in [2.45, 2.75) is 19.8 Å². The first-order valence-electron chi connectivity index (χ1n) is 4.41. The normalized spacial score (nSPS) is 17.8. The van der Waals surface area contributed by atoms with E-state index in [1.165, 1.54) is 6.07 Å². The molecule has 0 atom stereocenters. The standard InChI is InChI=1S/C10H10O4/c1-6-2-3-7(14-6)8(11)10(4-5-10)9(12)13/h2-3H,4-5H2,1H3,(H,12,13). The Kier molecular flexibility index (Phi) is 1.74. The molecule has 1 aromatic rings. The van der Waals surface area contributed by atoms with Crippen LogP contribution in [0.1, 0.15) is 29.2 Å². The Bertz CT molecular complexity index is 398. The molecule has 14 heavy (non-hydrogen) atoms. The number of aliphatic carboxylic acids is 1. The molecule has 1 saturated carbocycles. The zero-order chi connectivity index (χ0) is 10.3. The highest BCUT2D eigenvalue weighted by Crippen LogP contribution is 2.48. The quantitative estimate of drug-likeness (QED) is 0.586. The molecule has 4 heteroatoms. The molecular formula is C10H10O4. The topological polar surface area (TPSA) is 67.5 Å². The van der Waals surface area contributed by atoms with Crippen molar-refractivity contribution in [1.82, 2.24) is 0 Å². The number of carbonyl (C=O) groups excluding carboxylic acids is 1. The van der Waals surface area contributed by atoms with Crippen LogP contribution >= 0.6 is 0 Å². The molecule has 0 spiro atoms. The van der Waals surface area contributed by atoms with Crippen molar-refractivity contribution < 1.29 is 19.1 Å². The van der Waals surface area contributed by atoms with E-state index in [2.05, 4.69) is 0 Å². The SMILES string of the molecule is Cc1ccc(C(=O)C2(C(=O)O)CC2)o1. The van der Waals surface area contributed by atoms with E-state index in [-0.39, 0.29) is 5.76 Å². The van der Waals surface area contributed by atoms with Crippen LogP contribution in [0.15, 0.2) is 16.5 Å². The van der Waals surface area contributed by atoms with E-state index in [1.807, 2.05) is 0 Å². The van der Waals surface area contributed by atoms with E-state index in [4.69, 9.17) is 9.52 Å². The van der Waals surface area contributed by atoms with Gasteiger partial charge in [0.1, 0.15) is 11.2 Å². The fraction of sp³-hybridized carbons (Fsp3) is 0.400. The maximum Gasteiger partial charge on any atom is 0.317 e. The zero-order valence-electron chi connectivity index (χ0n) is 7.74. The van der Waals surface area contributed by atoms with Gasteiger partial charge in [-0.05, 0) is 31.9 Å². The van der Waals surface area contributed by atoms with Crippen molar-refractivity contribution in [2.75, 3.05) is 0 Å². The second-order valence-corrected chi connectivity index (χ2v) is 3.63. The minimum absolute atomic E-state index is 0.155. The molecule has 1 fully saturated rings. The van der Waals surface area contributed by atoms with Gasteiger partial charge in [-0.15, -0.1) is 0 Å². The largest absolute Gasteiger partial charge is 0.480 e. The average Bonchev–Trinajstić information content (AvgIpc) is 2.84. The molecule has 0 radical (unpaired) electrons. The average molecular weight is 194 g/mol. The number of carboxylic acid groups (broad SMARTS) is 1. The van der Waals surface area contributed by atoms with Gasteiger partial charge in [-0.25, -0.2) is 0 Å². The monoisotopic (exact) mass is 194 g/mol. The first-order valence-corrected chi connectivity index (χ1v) is 4.41. The third kappa shape index (κ3) is 1.14. The minimum atomic E-state index is -1.19. The molecule has 74 valence electrons. The molecule has 1 aliphatic rings. The zero-order valence-corrected chi connectivity index (χ0v) is 7.74. The van der Waals surface area contributed by atoms with Crippen LogP contribution in [-0.2, 0) is 4.79 Å². The van der Waals surface area contributed by atoms with Crippen LogP contribution in [0.5, 0.6) is 0 Å². The van der Waals surface area contributed by atoms with Crippen molar-refractivity contribution in [2.24, 2.45) is 5.41 Å². The molecular weight excluding hydrogens is 184 g/mol. The van der Waals surface area contributed by atoms with Gasteiger partial charge in [0.2, 0.25) is 5.78 Å². The molecule has 1 heterocycles. The second-order valence-electron chi connectivity index (χ2n) is 3.63. The van der Waals surface area contributed by atoms with Crippen molar-refractivity contribution in [3.8, 4) is 0 Å². The molecule has 1 N–H and O–H groups in total. The molecule has 0 bridgehead atoms. The molecule has 0 unspecified atom stereocenters. The van der Waals surface area contributed by atoms with Gasteiger partial charge >= 0.3 is 5.97 Å². The van der Waals surface area contributed by atoms with Crippen LogP contribution < -0.4 is 0 Å². The summed E-state index contributed by atoms with van der Waals surface area (Å²) in [4.78, 5) is 22.6. The Balaban J connectivity index is 2.29. The Morgan fingerprint density at radius 2 is 2.07 bits per heavy atom. The summed E-state index contributed by atoms with van der Waals surface area (Å²) in [6.45, 7) is 1.72. The van der Waals surface area contributed by atoms with Crippen LogP contribution in [0.25, 0.3) is 0 Å². The van der Waals surface area contributed by atoms with E-state index in [1.54, 1.807) is 13.0 Å². The fourth-order valence-electron chi connectivity index (χ4n) is 1.46. The Labute approximate surface area is 80.5 Å². The molecule has 0 amide bonds. The summed E-state index contributed by atoms with van der Waals surface area (Å²) in [5.74, 6) is -0.674. The van der Waals surface area contributed by atoms with Gasteiger partial charge in [-0.3, -0.25) is 9.59 Å². The minimum Gasteiger partial charge on any atom is -0.480 e. The lowest BCUT2D eigenvalue weighted by molar-refractivity contribution is -0.141. The summed E-state index contributed by atoms with van der Waals surface area (Å²) in [5.41, 5.74) is -1.19. The number of furan rings is 1. The first kappa shape index (κ1) is 8.99. The van der Waals surface area contributed by atoms with Gasteiger partial charge < -0.3 is 9.52 Å². The fourth-order valence-corrected chi connectivity index (χ4v) is 1.46. The first-order chi connectivity index (χ1) is 6.56. The summed E-state index contributed by atoms with van der Waals surface area (Å²) >= 11 is 0. The van der Waals surface area contributed by atoms with Crippen molar-refractivity contribution in [3.05, 3.63) is 23.7 Å². The number of carbonyl (C=O) groups is 2. The molecule has 0 aliphatic heterocycles. The van der Waals surface area contributed by atoms with Gasteiger partial charge in [0.25, 0.3) is 0 Å². The van der Waals surface area contributed by atoms with Crippen molar-refractivity contribution >= 4 is 11.8 Å². The summed E-state index contributed by atoms with van der Waals surface area (Å²) in [5, 5.41) is 8.88. The third-order valence-electron chi connectivity index (χ3n) is 2.56. The molecule has 1 aliphatic carbocycles. The van der Waals surface area contributed by atoms with E-state index >= 15 is 0 Å². The number of rotatable bonds is 3. The highest BCUT2D eigenvalue weighted by atomic mass is 16.4. The molecule has 0 aromatic carbocycles. The third-order valence-corrected chi connectivity index (χ3v) is 2.56. The number of carboxylic acids is 1.